The summed E-state index contributed by atoms with van der Waals surface area (Å²) in [5.74, 6) is -0.179. The lowest BCUT2D eigenvalue weighted by Crippen LogP contribution is -2.28. The van der Waals surface area contributed by atoms with Crippen molar-refractivity contribution in [2.24, 2.45) is 10.9 Å². The number of nitrogens with one attached hydrogen (secondary N) is 1. The molecule has 0 aromatic carbocycles. The maximum absolute atomic E-state index is 12.0. The van der Waals surface area contributed by atoms with Gasteiger partial charge in [0.1, 0.15) is 5.69 Å². The fraction of sp³-hybridized carbons (Fsp3) is 0.231. The van der Waals surface area contributed by atoms with Crippen LogP contribution >= 0.6 is 11.3 Å². The maximum atomic E-state index is 12.0. The third-order valence-corrected chi connectivity index (χ3v) is 3.85. The Morgan fingerprint density at radius 1 is 1.52 bits per heavy atom. The molecule has 0 saturated carbocycles. The van der Waals surface area contributed by atoms with Gasteiger partial charge in [0.25, 0.3) is 5.91 Å². The molecule has 0 saturated heterocycles. The minimum absolute atomic E-state index is 0.0492. The van der Waals surface area contributed by atoms with Crippen LogP contribution in [-0.2, 0) is 0 Å². The van der Waals surface area contributed by atoms with Crippen LogP contribution in [0.3, 0.4) is 0 Å². The van der Waals surface area contributed by atoms with Crippen LogP contribution in [0.25, 0.3) is 0 Å². The summed E-state index contributed by atoms with van der Waals surface area (Å²) in [6.07, 6.45) is 3.12. The van der Waals surface area contributed by atoms with E-state index in [2.05, 4.69) is 20.4 Å². The number of amides is 1. The molecule has 7 nitrogen and oxygen atoms in total. The van der Waals surface area contributed by atoms with Crippen molar-refractivity contribution < 1.29 is 10.0 Å². The molecule has 1 atom stereocenters. The summed E-state index contributed by atoms with van der Waals surface area (Å²) in [6, 6.07) is 3.10. The van der Waals surface area contributed by atoms with Crippen molar-refractivity contribution in [3.63, 3.8) is 0 Å². The highest BCUT2D eigenvalue weighted by atomic mass is 32.1. The van der Waals surface area contributed by atoms with Gasteiger partial charge in [0, 0.05) is 35.8 Å². The Balaban J connectivity index is 1.94. The summed E-state index contributed by atoms with van der Waals surface area (Å²) in [4.78, 5) is 20.2. The Morgan fingerprint density at radius 3 is 2.90 bits per heavy atom. The topological polar surface area (TPSA) is 113 Å². The average Bonchev–Trinajstić information content (AvgIpc) is 3.06. The van der Waals surface area contributed by atoms with Crippen LogP contribution in [0, 0.1) is 0 Å². The van der Waals surface area contributed by atoms with Crippen LogP contribution in [0.2, 0.25) is 0 Å². The predicted octanol–water partition coefficient (Wildman–Crippen LogP) is 1.17. The monoisotopic (exact) mass is 305 g/mol. The molecule has 0 radical (unpaired) electrons. The predicted molar refractivity (Wildman–Crippen MR) is 79.6 cm³/mol. The molecule has 0 fully saturated rings. The second-order valence-corrected chi connectivity index (χ2v) is 5.32. The first-order chi connectivity index (χ1) is 10.1. The van der Waals surface area contributed by atoms with Gasteiger partial charge in [-0.3, -0.25) is 9.78 Å². The standard InChI is InChI=1S/C13H15N5O2S/c1-8(13-15-4-5-21-13)6-17-12(19)10-3-2-9(7-16-10)11(14)18-20/h2-5,7-8,20H,6H2,1H3,(H2,14,18)(H,17,19). The number of oxime groups is 1. The second kappa shape index (κ2) is 6.80. The molecule has 110 valence electrons. The Morgan fingerprint density at radius 2 is 2.33 bits per heavy atom. The number of hydrogen-bond acceptors (Lipinski definition) is 6. The van der Waals surface area contributed by atoms with Gasteiger partial charge in [-0.25, -0.2) is 4.98 Å². The number of nitrogens with zero attached hydrogens (tertiary/aromatic N) is 3. The third kappa shape index (κ3) is 3.76. The van der Waals surface area contributed by atoms with E-state index in [1.54, 1.807) is 23.6 Å². The maximum Gasteiger partial charge on any atom is 0.269 e. The highest BCUT2D eigenvalue weighted by molar-refractivity contribution is 7.09. The summed E-state index contributed by atoms with van der Waals surface area (Å²) in [7, 11) is 0. The van der Waals surface area contributed by atoms with Crippen LogP contribution in [0.4, 0.5) is 0 Å². The summed E-state index contributed by atoms with van der Waals surface area (Å²) in [6.45, 7) is 2.48. The Kier molecular flexibility index (Phi) is 4.83. The Bertz CT molecular complexity index is 625. The molecule has 0 spiro atoms. The molecular formula is C13H15N5O2S. The Labute approximate surface area is 125 Å². The highest BCUT2D eigenvalue weighted by Gasteiger charge is 2.12. The van der Waals surface area contributed by atoms with E-state index >= 15 is 0 Å². The van der Waals surface area contributed by atoms with Crippen LogP contribution in [0.15, 0.2) is 35.1 Å². The number of rotatable bonds is 5. The van der Waals surface area contributed by atoms with Gasteiger partial charge in [-0.05, 0) is 12.1 Å². The van der Waals surface area contributed by atoms with E-state index in [1.165, 1.54) is 12.3 Å². The van der Waals surface area contributed by atoms with E-state index in [0.29, 0.717) is 12.1 Å². The first kappa shape index (κ1) is 14.9. The first-order valence-corrected chi connectivity index (χ1v) is 7.11. The lowest BCUT2D eigenvalue weighted by atomic mass is 10.2. The van der Waals surface area contributed by atoms with Gasteiger partial charge in [-0.15, -0.1) is 11.3 Å². The van der Waals surface area contributed by atoms with Crippen molar-refractivity contribution in [1.29, 1.82) is 0 Å². The molecule has 0 aliphatic heterocycles. The van der Waals surface area contributed by atoms with Crippen LogP contribution in [-0.4, -0.2) is 33.5 Å². The molecule has 21 heavy (non-hydrogen) atoms. The van der Waals surface area contributed by atoms with Gasteiger partial charge >= 0.3 is 0 Å². The lowest BCUT2D eigenvalue weighted by Gasteiger charge is -2.09. The van der Waals surface area contributed by atoms with Gasteiger partial charge in [0.2, 0.25) is 0 Å². The normalized spacial score (nSPS) is 12.9. The minimum Gasteiger partial charge on any atom is -0.409 e. The van der Waals surface area contributed by atoms with Crippen LogP contribution in [0.5, 0.6) is 0 Å². The summed E-state index contributed by atoms with van der Waals surface area (Å²) in [5, 5.41) is 17.1. The van der Waals surface area contributed by atoms with Gasteiger partial charge in [-0.1, -0.05) is 12.1 Å². The summed E-state index contributed by atoms with van der Waals surface area (Å²) in [5.41, 5.74) is 6.15. The largest absolute Gasteiger partial charge is 0.409 e. The van der Waals surface area contributed by atoms with Crippen molar-refractivity contribution >= 4 is 23.1 Å². The quantitative estimate of drug-likeness (QED) is 0.332. The molecule has 0 aliphatic rings. The Hall–Kier alpha value is -2.48. The zero-order chi connectivity index (χ0) is 15.2. The number of pyridine rings is 1. The van der Waals surface area contributed by atoms with Crippen LogP contribution in [0.1, 0.15) is 33.9 Å². The van der Waals surface area contributed by atoms with Crippen molar-refractivity contribution in [3.05, 3.63) is 46.2 Å². The molecule has 1 amide bonds. The molecule has 2 aromatic heterocycles. The van der Waals surface area contributed by atoms with Gasteiger partial charge in [-0.2, -0.15) is 0 Å². The molecule has 1 unspecified atom stereocenters. The number of carbonyl (C=O) groups excluding carboxylic acids is 1. The van der Waals surface area contributed by atoms with Crippen LogP contribution < -0.4 is 11.1 Å². The number of thiazole rings is 1. The van der Waals surface area contributed by atoms with E-state index in [-0.39, 0.29) is 23.4 Å². The number of carbonyl (C=O) groups is 1. The summed E-state index contributed by atoms with van der Waals surface area (Å²) < 4.78 is 0. The zero-order valence-electron chi connectivity index (χ0n) is 11.4. The van der Waals surface area contributed by atoms with E-state index in [9.17, 15) is 4.79 Å². The number of hydrogen-bond donors (Lipinski definition) is 3. The fourth-order valence-electron chi connectivity index (χ4n) is 1.64. The van der Waals surface area contributed by atoms with Crippen molar-refractivity contribution in [1.82, 2.24) is 15.3 Å². The van der Waals surface area contributed by atoms with Gasteiger partial charge in [0.15, 0.2) is 5.84 Å². The van der Waals surface area contributed by atoms with Crippen molar-refractivity contribution in [2.75, 3.05) is 6.54 Å². The number of amidine groups is 1. The highest BCUT2D eigenvalue weighted by Crippen LogP contribution is 2.16. The van der Waals surface area contributed by atoms with E-state index in [4.69, 9.17) is 10.9 Å². The molecule has 0 bridgehead atoms. The zero-order valence-corrected chi connectivity index (χ0v) is 12.2. The number of aromatic nitrogens is 2. The first-order valence-electron chi connectivity index (χ1n) is 6.23. The smallest absolute Gasteiger partial charge is 0.269 e. The van der Waals surface area contributed by atoms with Crippen molar-refractivity contribution in [3.8, 4) is 0 Å². The van der Waals surface area contributed by atoms with Gasteiger partial charge in [0.05, 0.1) is 5.01 Å². The molecule has 2 heterocycles. The SMILES string of the molecule is CC(CNC(=O)c1ccc(/C(N)=N/O)cn1)c1nccs1. The molecule has 2 aromatic rings. The molecule has 2 rings (SSSR count). The minimum atomic E-state index is -0.274. The van der Waals surface area contributed by atoms with Gasteiger partial charge < -0.3 is 16.3 Å². The van der Waals surface area contributed by atoms with Crippen molar-refractivity contribution in [2.45, 2.75) is 12.8 Å². The molecular weight excluding hydrogens is 290 g/mol. The van der Waals surface area contributed by atoms with E-state index in [0.717, 1.165) is 5.01 Å². The third-order valence-electron chi connectivity index (χ3n) is 2.84. The molecule has 8 heteroatoms. The lowest BCUT2D eigenvalue weighted by molar-refractivity contribution is 0.0946. The molecule has 4 N–H and O–H groups in total. The second-order valence-electron chi connectivity index (χ2n) is 4.40. The van der Waals surface area contributed by atoms with E-state index < -0.39 is 0 Å². The van der Waals surface area contributed by atoms with E-state index in [1.807, 2.05) is 12.3 Å². The summed E-state index contributed by atoms with van der Waals surface area (Å²) >= 11 is 1.56. The number of nitrogens with two attached hydrogens (primary N) is 1. The fourth-order valence-corrected chi connectivity index (χ4v) is 2.34. The molecule has 0 aliphatic carbocycles. The average molecular weight is 305 g/mol.